The van der Waals surface area contributed by atoms with Crippen LogP contribution in [0.1, 0.15) is 12.0 Å². The molecule has 1 rings (SSSR count). The van der Waals surface area contributed by atoms with Gasteiger partial charge in [-0.1, -0.05) is 23.8 Å². The van der Waals surface area contributed by atoms with E-state index in [0.717, 1.165) is 12.0 Å². The smallest absolute Gasteiger partial charge is 0.142 e. The molecule has 0 bridgehead atoms. The summed E-state index contributed by atoms with van der Waals surface area (Å²) in [6, 6.07) is 3.49. The average molecular weight is 246 g/mol. The van der Waals surface area contributed by atoms with Gasteiger partial charge in [0.25, 0.3) is 0 Å². The van der Waals surface area contributed by atoms with Crippen molar-refractivity contribution < 1.29 is 4.74 Å². The molecule has 0 atom stereocenters. The highest BCUT2D eigenvalue weighted by molar-refractivity contribution is 6.32. The van der Waals surface area contributed by atoms with E-state index in [2.05, 4.69) is 0 Å². The van der Waals surface area contributed by atoms with Crippen molar-refractivity contribution >= 4 is 35.0 Å². The predicted octanol–water partition coefficient (Wildman–Crippen LogP) is 3.57. The Labute approximate surface area is 99.6 Å². The van der Waals surface area contributed by atoms with Crippen LogP contribution >= 0.6 is 23.2 Å². The standard InChI is InChI=1S/C11H13Cl2NO/c1-15-11-6-8(4-2-3-5-12)9(13)7-10(11)14/h2,4,6-7H,3,5,14H2,1H3. The minimum atomic E-state index is 0.539. The maximum absolute atomic E-state index is 6.02. The number of benzene rings is 1. The van der Waals surface area contributed by atoms with Crippen molar-refractivity contribution in [2.45, 2.75) is 6.42 Å². The number of rotatable bonds is 4. The molecule has 1 aromatic carbocycles. The van der Waals surface area contributed by atoms with Crippen LogP contribution in [0.3, 0.4) is 0 Å². The third-order valence-corrected chi connectivity index (χ3v) is 2.47. The van der Waals surface area contributed by atoms with Gasteiger partial charge in [-0.15, -0.1) is 11.6 Å². The molecule has 0 fully saturated rings. The van der Waals surface area contributed by atoms with E-state index in [-0.39, 0.29) is 0 Å². The molecular weight excluding hydrogens is 233 g/mol. The number of halogens is 2. The zero-order valence-corrected chi connectivity index (χ0v) is 9.98. The van der Waals surface area contributed by atoms with Crippen LogP contribution in [0.4, 0.5) is 5.69 Å². The highest BCUT2D eigenvalue weighted by Gasteiger charge is 2.04. The number of hydrogen-bond acceptors (Lipinski definition) is 2. The van der Waals surface area contributed by atoms with Crippen LogP contribution in [-0.4, -0.2) is 13.0 Å². The SMILES string of the molecule is COc1cc(C=CCCCl)c(Cl)cc1N. The van der Waals surface area contributed by atoms with E-state index in [1.165, 1.54) is 0 Å². The molecule has 0 unspecified atom stereocenters. The first kappa shape index (κ1) is 12.2. The Hall–Kier alpha value is -0.860. The Kier molecular flexibility index (Phi) is 4.79. The lowest BCUT2D eigenvalue weighted by atomic mass is 10.1. The van der Waals surface area contributed by atoms with Crippen LogP contribution in [0.2, 0.25) is 5.02 Å². The van der Waals surface area contributed by atoms with Crippen LogP contribution < -0.4 is 10.5 Å². The number of alkyl halides is 1. The van der Waals surface area contributed by atoms with Crippen LogP contribution in [0.25, 0.3) is 6.08 Å². The molecule has 1 aromatic rings. The summed E-state index contributed by atoms with van der Waals surface area (Å²) in [7, 11) is 1.58. The van der Waals surface area contributed by atoms with Crippen molar-refractivity contribution in [2.24, 2.45) is 0 Å². The van der Waals surface area contributed by atoms with E-state index >= 15 is 0 Å². The van der Waals surface area contributed by atoms with Gasteiger partial charge in [0.1, 0.15) is 5.75 Å². The molecule has 0 aliphatic carbocycles. The first-order valence-electron chi connectivity index (χ1n) is 4.54. The van der Waals surface area contributed by atoms with Gasteiger partial charge in [-0.25, -0.2) is 0 Å². The zero-order chi connectivity index (χ0) is 11.3. The topological polar surface area (TPSA) is 35.2 Å². The van der Waals surface area contributed by atoms with Gasteiger partial charge in [-0.05, 0) is 24.1 Å². The lowest BCUT2D eigenvalue weighted by molar-refractivity contribution is 0.417. The van der Waals surface area contributed by atoms with E-state index in [9.17, 15) is 0 Å². The fourth-order valence-electron chi connectivity index (χ4n) is 1.16. The molecular formula is C11H13Cl2NO. The van der Waals surface area contributed by atoms with E-state index in [4.69, 9.17) is 33.7 Å². The van der Waals surface area contributed by atoms with Crippen LogP contribution in [0, 0.1) is 0 Å². The molecule has 82 valence electrons. The van der Waals surface area contributed by atoms with Crippen LogP contribution in [0.5, 0.6) is 5.75 Å². The van der Waals surface area contributed by atoms with Gasteiger partial charge in [0.15, 0.2) is 0 Å². The molecule has 0 aliphatic heterocycles. The minimum absolute atomic E-state index is 0.539. The molecule has 0 aromatic heterocycles. The summed E-state index contributed by atoms with van der Waals surface area (Å²) in [5.74, 6) is 1.23. The molecule has 0 amide bonds. The van der Waals surface area contributed by atoms with Crippen molar-refractivity contribution in [1.82, 2.24) is 0 Å². The third kappa shape index (κ3) is 3.33. The highest BCUT2D eigenvalue weighted by Crippen LogP contribution is 2.29. The van der Waals surface area contributed by atoms with Gasteiger partial charge < -0.3 is 10.5 Å². The summed E-state index contributed by atoms with van der Waals surface area (Å²) in [6.45, 7) is 0. The lowest BCUT2D eigenvalue weighted by Crippen LogP contribution is -1.93. The lowest BCUT2D eigenvalue weighted by Gasteiger charge is -2.07. The fraction of sp³-hybridized carbons (Fsp3) is 0.273. The van der Waals surface area contributed by atoms with Crippen LogP contribution in [-0.2, 0) is 0 Å². The first-order chi connectivity index (χ1) is 7.19. The van der Waals surface area contributed by atoms with Crippen molar-refractivity contribution in [3.05, 3.63) is 28.8 Å². The number of methoxy groups -OCH3 is 1. The number of hydrogen-bond donors (Lipinski definition) is 1. The van der Waals surface area contributed by atoms with Crippen molar-refractivity contribution in [3.63, 3.8) is 0 Å². The fourth-order valence-corrected chi connectivity index (χ4v) is 1.52. The molecule has 0 spiro atoms. The second-order valence-corrected chi connectivity index (χ2v) is 3.78. The molecule has 0 radical (unpaired) electrons. The maximum atomic E-state index is 6.02. The normalized spacial score (nSPS) is 10.9. The monoisotopic (exact) mass is 245 g/mol. The summed E-state index contributed by atoms with van der Waals surface area (Å²) in [6.07, 6.45) is 4.68. The van der Waals surface area contributed by atoms with Crippen molar-refractivity contribution in [2.75, 3.05) is 18.7 Å². The Morgan fingerprint density at radius 2 is 2.20 bits per heavy atom. The maximum Gasteiger partial charge on any atom is 0.142 e. The number of nitrogen functional groups attached to an aromatic ring is 1. The predicted molar refractivity (Wildman–Crippen MR) is 66.8 cm³/mol. The quantitative estimate of drug-likeness (QED) is 0.651. The molecule has 0 aliphatic rings. The number of anilines is 1. The average Bonchev–Trinajstić information content (AvgIpc) is 2.21. The van der Waals surface area contributed by atoms with Crippen molar-refractivity contribution in [3.8, 4) is 5.75 Å². The number of ether oxygens (including phenoxy) is 1. The minimum Gasteiger partial charge on any atom is -0.495 e. The Morgan fingerprint density at radius 1 is 1.47 bits per heavy atom. The molecule has 0 saturated heterocycles. The van der Waals surface area contributed by atoms with Gasteiger partial charge in [0, 0.05) is 5.88 Å². The second-order valence-electron chi connectivity index (χ2n) is 3.00. The molecule has 4 heteroatoms. The summed E-state index contributed by atoms with van der Waals surface area (Å²) in [4.78, 5) is 0. The van der Waals surface area contributed by atoms with Gasteiger partial charge in [-0.2, -0.15) is 0 Å². The highest BCUT2D eigenvalue weighted by atomic mass is 35.5. The van der Waals surface area contributed by atoms with Gasteiger partial charge in [0.05, 0.1) is 17.8 Å². The summed E-state index contributed by atoms with van der Waals surface area (Å²) in [5.41, 5.74) is 7.12. The molecule has 2 N–H and O–H groups in total. The summed E-state index contributed by atoms with van der Waals surface area (Å²) < 4.78 is 5.10. The van der Waals surface area contributed by atoms with E-state index in [1.807, 2.05) is 18.2 Å². The zero-order valence-electron chi connectivity index (χ0n) is 8.47. The second kappa shape index (κ2) is 5.89. The van der Waals surface area contributed by atoms with Gasteiger partial charge in [0.2, 0.25) is 0 Å². The first-order valence-corrected chi connectivity index (χ1v) is 5.45. The van der Waals surface area contributed by atoms with E-state index in [1.54, 1.807) is 13.2 Å². The van der Waals surface area contributed by atoms with E-state index < -0.39 is 0 Å². The van der Waals surface area contributed by atoms with Crippen LogP contribution in [0.15, 0.2) is 18.2 Å². The number of nitrogens with two attached hydrogens (primary N) is 1. The molecule has 15 heavy (non-hydrogen) atoms. The number of allylic oxidation sites excluding steroid dienone is 1. The third-order valence-electron chi connectivity index (χ3n) is 1.92. The molecule has 0 saturated carbocycles. The Bertz CT molecular complexity index is 364. The Balaban J connectivity index is 2.97. The largest absolute Gasteiger partial charge is 0.495 e. The van der Waals surface area contributed by atoms with E-state index in [0.29, 0.717) is 22.3 Å². The Morgan fingerprint density at radius 3 is 2.80 bits per heavy atom. The molecule has 0 heterocycles. The summed E-state index contributed by atoms with van der Waals surface area (Å²) >= 11 is 11.6. The molecule has 2 nitrogen and oxygen atoms in total. The van der Waals surface area contributed by atoms with Crippen molar-refractivity contribution in [1.29, 1.82) is 0 Å². The van der Waals surface area contributed by atoms with Gasteiger partial charge >= 0.3 is 0 Å². The summed E-state index contributed by atoms with van der Waals surface area (Å²) in [5, 5.41) is 0.610. The van der Waals surface area contributed by atoms with Gasteiger partial charge in [-0.3, -0.25) is 0 Å².